The number of halogens is 3. The molecule has 0 spiro atoms. The average Bonchev–Trinajstić information content (AvgIpc) is 3.00. The molecule has 3 rings (SSSR count). The number of aryl methyl sites for hydroxylation is 1. The third-order valence-electron chi connectivity index (χ3n) is 3.74. The molecule has 0 fully saturated rings. The van der Waals surface area contributed by atoms with Crippen molar-refractivity contribution in [2.75, 3.05) is 6.26 Å². The molecular weight excluding hydrogens is 367 g/mol. The van der Waals surface area contributed by atoms with Crippen molar-refractivity contribution < 1.29 is 26.0 Å². The maximum atomic E-state index is 13.1. The van der Waals surface area contributed by atoms with E-state index in [9.17, 15) is 21.6 Å². The summed E-state index contributed by atoms with van der Waals surface area (Å²) >= 11 is 0. The number of rotatable bonds is 3. The minimum absolute atomic E-state index is 0.0458. The molecule has 0 aliphatic heterocycles. The van der Waals surface area contributed by atoms with E-state index >= 15 is 0 Å². The van der Waals surface area contributed by atoms with Crippen molar-refractivity contribution in [2.24, 2.45) is 0 Å². The van der Waals surface area contributed by atoms with Crippen LogP contribution in [-0.2, 0) is 16.0 Å². The van der Waals surface area contributed by atoms with Crippen LogP contribution in [0.2, 0.25) is 0 Å². The van der Waals surface area contributed by atoms with Gasteiger partial charge in [-0.15, -0.1) is 0 Å². The van der Waals surface area contributed by atoms with Crippen LogP contribution in [0.1, 0.15) is 11.5 Å². The molecule has 26 heavy (non-hydrogen) atoms. The fraction of sp³-hybridized carbons (Fsp3) is 0.167. The lowest BCUT2D eigenvalue weighted by Crippen LogP contribution is -2.04. The van der Waals surface area contributed by atoms with Crippen LogP contribution in [0.25, 0.3) is 22.6 Å². The van der Waals surface area contributed by atoms with Crippen LogP contribution < -0.4 is 0 Å². The third-order valence-corrected chi connectivity index (χ3v) is 4.87. The van der Waals surface area contributed by atoms with Crippen molar-refractivity contribution in [1.82, 2.24) is 4.98 Å². The molecule has 3 aromatic rings. The maximum absolute atomic E-state index is 13.1. The van der Waals surface area contributed by atoms with E-state index < -0.39 is 21.9 Å². The number of sulfone groups is 1. The Morgan fingerprint density at radius 2 is 1.46 bits per heavy atom. The van der Waals surface area contributed by atoms with E-state index in [-0.39, 0.29) is 16.3 Å². The second-order valence-corrected chi connectivity index (χ2v) is 7.87. The molecule has 0 bridgehead atoms. The monoisotopic (exact) mass is 381 g/mol. The molecule has 8 heteroatoms. The van der Waals surface area contributed by atoms with E-state index in [1.807, 2.05) is 6.92 Å². The normalized spacial score (nSPS) is 12.3. The number of benzene rings is 2. The van der Waals surface area contributed by atoms with Crippen LogP contribution >= 0.6 is 0 Å². The molecule has 0 atom stereocenters. The molecule has 1 aromatic heterocycles. The van der Waals surface area contributed by atoms with E-state index in [0.29, 0.717) is 11.1 Å². The lowest BCUT2D eigenvalue weighted by atomic mass is 10.0. The van der Waals surface area contributed by atoms with Gasteiger partial charge in [0, 0.05) is 17.4 Å². The molecule has 0 saturated carbocycles. The van der Waals surface area contributed by atoms with Gasteiger partial charge in [0.05, 0.1) is 4.90 Å². The highest BCUT2D eigenvalue weighted by atomic mass is 32.2. The van der Waals surface area contributed by atoms with Crippen LogP contribution in [0.15, 0.2) is 57.8 Å². The largest absolute Gasteiger partial charge is 0.468 e. The predicted molar refractivity (Wildman–Crippen MR) is 90.2 cm³/mol. The van der Waals surface area contributed by atoms with E-state index in [2.05, 4.69) is 4.98 Å². The molecule has 0 amide bonds. The van der Waals surface area contributed by atoms with Gasteiger partial charge in [0.2, 0.25) is 0 Å². The quantitative estimate of drug-likeness (QED) is 0.658. The van der Waals surface area contributed by atoms with Gasteiger partial charge in [-0.3, -0.25) is 0 Å². The molecule has 0 unspecified atom stereocenters. The summed E-state index contributed by atoms with van der Waals surface area (Å²) in [4.78, 5) is 3.68. The van der Waals surface area contributed by atoms with Gasteiger partial charge in [0.1, 0.15) is 5.69 Å². The van der Waals surface area contributed by atoms with Crippen molar-refractivity contribution >= 4 is 9.84 Å². The number of nitrogens with zero attached hydrogens (tertiary/aromatic N) is 1. The second-order valence-electron chi connectivity index (χ2n) is 5.86. The Morgan fingerprint density at radius 3 is 1.96 bits per heavy atom. The molecule has 4 nitrogen and oxygen atoms in total. The predicted octanol–water partition coefficient (Wildman–Crippen LogP) is 4.74. The van der Waals surface area contributed by atoms with E-state index in [1.54, 1.807) is 24.3 Å². The van der Waals surface area contributed by atoms with Gasteiger partial charge in [-0.05, 0) is 31.2 Å². The van der Waals surface area contributed by atoms with Crippen LogP contribution in [0.3, 0.4) is 0 Å². The number of hydrogen-bond acceptors (Lipinski definition) is 4. The molecule has 2 aromatic carbocycles. The van der Waals surface area contributed by atoms with Crippen molar-refractivity contribution in [3.63, 3.8) is 0 Å². The zero-order chi connectivity index (χ0) is 19.1. The smallest absolute Gasteiger partial charge is 0.432 e. The van der Waals surface area contributed by atoms with Gasteiger partial charge >= 0.3 is 12.1 Å². The molecule has 0 N–H and O–H groups in total. The van der Waals surface area contributed by atoms with Crippen molar-refractivity contribution in [2.45, 2.75) is 18.0 Å². The van der Waals surface area contributed by atoms with Crippen molar-refractivity contribution in [3.8, 4) is 22.6 Å². The first-order chi connectivity index (χ1) is 12.1. The van der Waals surface area contributed by atoms with Gasteiger partial charge in [-0.25, -0.2) is 13.4 Å². The molecule has 1 heterocycles. The van der Waals surface area contributed by atoms with E-state index in [1.165, 1.54) is 24.3 Å². The molecule has 0 radical (unpaired) electrons. The minimum Gasteiger partial charge on any atom is -0.432 e. The summed E-state index contributed by atoms with van der Waals surface area (Å²) in [5, 5.41) is 0. The van der Waals surface area contributed by atoms with Crippen LogP contribution in [0.4, 0.5) is 13.2 Å². The molecule has 0 aliphatic rings. The first-order valence-electron chi connectivity index (χ1n) is 7.51. The highest BCUT2D eigenvalue weighted by molar-refractivity contribution is 7.90. The Hall–Kier alpha value is -2.61. The number of hydrogen-bond donors (Lipinski definition) is 0. The topological polar surface area (TPSA) is 60.2 Å². The molecule has 136 valence electrons. The van der Waals surface area contributed by atoms with E-state index in [0.717, 1.165) is 11.8 Å². The summed E-state index contributed by atoms with van der Waals surface area (Å²) in [7, 11) is -3.41. The van der Waals surface area contributed by atoms with Gasteiger partial charge in [0.15, 0.2) is 15.6 Å². The summed E-state index contributed by atoms with van der Waals surface area (Å²) in [6.45, 7) is 1.86. The first kappa shape index (κ1) is 18.2. The fourth-order valence-electron chi connectivity index (χ4n) is 2.40. The summed E-state index contributed by atoms with van der Waals surface area (Å²) in [6, 6.07) is 12.3. The summed E-state index contributed by atoms with van der Waals surface area (Å²) < 4.78 is 67.3. The molecule has 0 aliphatic carbocycles. The third kappa shape index (κ3) is 3.65. The SMILES string of the molecule is Cc1ccc(-c2nc(C(F)(F)F)oc2-c2ccc(S(C)(=O)=O)cc2)cc1. The number of aromatic nitrogens is 1. The average molecular weight is 381 g/mol. The minimum atomic E-state index is -4.73. The van der Waals surface area contributed by atoms with Crippen LogP contribution in [-0.4, -0.2) is 19.7 Å². The zero-order valence-corrected chi connectivity index (χ0v) is 14.6. The Morgan fingerprint density at radius 1 is 0.923 bits per heavy atom. The number of alkyl halides is 3. The van der Waals surface area contributed by atoms with Gasteiger partial charge < -0.3 is 4.42 Å². The Bertz CT molecular complexity index is 1030. The van der Waals surface area contributed by atoms with E-state index in [4.69, 9.17) is 4.42 Å². The van der Waals surface area contributed by atoms with Crippen LogP contribution in [0.5, 0.6) is 0 Å². The van der Waals surface area contributed by atoms with Crippen molar-refractivity contribution in [1.29, 1.82) is 0 Å². The molecule has 0 saturated heterocycles. The summed E-state index contributed by atoms with van der Waals surface area (Å²) in [6.07, 6.45) is -3.68. The zero-order valence-electron chi connectivity index (χ0n) is 13.8. The lowest BCUT2D eigenvalue weighted by molar-refractivity contribution is -0.156. The number of oxazole rings is 1. The Balaban J connectivity index is 2.16. The highest BCUT2D eigenvalue weighted by Crippen LogP contribution is 2.38. The van der Waals surface area contributed by atoms with Gasteiger partial charge in [0.25, 0.3) is 0 Å². The van der Waals surface area contributed by atoms with Gasteiger partial charge in [-0.2, -0.15) is 13.2 Å². The fourth-order valence-corrected chi connectivity index (χ4v) is 3.03. The lowest BCUT2D eigenvalue weighted by Gasteiger charge is -2.04. The maximum Gasteiger partial charge on any atom is 0.468 e. The first-order valence-corrected chi connectivity index (χ1v) is 9.40. The summed E-state index contributed by atoms with van der Waals surface area (Å²) in [5.41, 5.74) is 1.77. The van der Waals surface area contributed by atoms with Gasteiger partial charge in [-0.1, -0.05) is 29.8 Å². The van der Waals surface area contributed by atoms with Crippen LogP contribution in [0, 0.1) is 6.92 Å². The second kappa shape index (κ2) is 6.28. The standard InChI is InChI=1S/C18H14F3NO3S/c1-11-3-5-12(6-4-11)15-16(25-17(22-15)18(19,20)21)13-7-9-14(10-8-13)26(2,23)24/h3-10H,1-2H3. The molecular formula is C18H14F3NO3S. The highest BCUT2D eigenvalue weighted by Gasteiger charge is 2.39. The summed E-state index contributed by atoms with van der Waals surface area (Å²) in [5.74, 6) is -1.42. The Labute approximate surface area is 148 Å². The van der Waals surface area contributed by atoms with Crippen molar-refractivity contribution in [3.05, 3.63) is 60.0 Å². The Kier molecular flexibility index (Phi) is 4.39.